The van der Waals surface area contributed by atoms with E-state index in [1.165, 1.54) is 18.2 Å². The van der Waals surface area contributed by atoms with Crippen LogP contribution in [0.3, 0.4) is 0 Å². The van der Waals surface area contributed by atoms with Gasteiger partial charge in [0, 0.05) is 5.56 Å². The van der Waals surface area contributed by atoms with Gasteiger partial charge in [0.1, 0.15) is 5.82 Å². The van der Waals surface area contributed by atoms with Gasteiger partial charge in [0.25, 0.3) is 0 Å². The molecule has 0 fully saturated rings. The van der Waals surface area contributed by atoms with Crippen LogP contribution in [-0.2, 0) is 16.2 Å². The van der Waals surface area contributed by atoms with Crippen molar-refractivity contribution < 1.29 is 21.6 Å². The first-order chi connectivity index (χ1) is 14.6. The van der Waals surface area contributed by atoms with Gasteiger partial charge in [-0.3, -0.25) is 0 Å². The molecule has 31 heavy (non-hydrogen) atoms. The molecular formula is C22H16F3N3O2S. The summed E-state index contributed by atoms with van der Waals surface area (Å²) < 4.78 is 61.7. The zero-order valence-electron chi connectivity index (χ0n) is 15.9. The predicted molar refractivity (Wildman–Crippen MR) is 113 cm³/mol. The maximum absolute atomic E-state index is 12.7. The van der Waals surface area contributed by atoms with E-state index in [4.69, 9.17) is 5.14 Å². The first-order valence-corrected chi connectivity index (χ1v) is 10.6. The molecule has 0 radical (unpaired) electrons. The molecule has 0 atom stereocenters. The van der Waals surface area contributed by atoms with Crippen molar-refractivity contribution in [3.63, 3.8) is 0 Å². The number of imidazole rings is 1. The fourth-order valence-electron chi connectivity index (χ4n) is 3.18. The van der Waals surface area contributed by atoms with Crippen LogP contribution in [0.1, 0.15) is 17.0 Å². The summed E-state index contributed by atoms with van der Waals surface area (Å²) in [5.41, 5.74) is 2.33. The van der Waals surface area contributed by atoms with Crippen molar-refractivity contribution in [2.75, 3.05) is 0 Å². The lowest BCUT2D eigenvalue weighted by atomic mass is 10.1. The molecule has 0 saturated carbocycles. The number of primary sulfonamides is 1. The molecule has 0 spiro atoms. The second-order valence-electron chi connectivity index (χ2n) is 6.85. The van der Waals surface area contributed by atoms with Crippen LogP contribution in [0.4, 0.5) is 13.2 Å². The van der Waals surface area contributed by atoms with E-state index >= 15 is 0 Å². The van der Waals surface area contributed by atoms with Crippen molar-refractivity contribution in [3.05, 3.63) is 83.7 Å². The number of aromatic nitrogens is 2. The summed E-state index contributed by atoms with van der Waals surface area (Å²) in [7, 11) is -3.89. The molecule has 0 bridgehead atoms. The SMILES string of the molecule is NS(=O)(=O)c1ccccc1-c1ccc2[nH]c(/C=C/c3ccc(C(F)(F)F)cc3)nc2c1. The van der Waals surface area contributed by atoms with Crippen LogP contribution in [0.2, 0.25) is 0 Å². The summed E-state index contributed by atoms with van der Waals surface area (Å²) in [6.07, 6.45) is -1.07. The number of nitrogens with two attached hydrogens (primary N) is 1. The highest BCUT2D eigenvalue weighted by atomic mass is 32.2. The Morgan fingerprint density at radius 3 is 2.32 bits per heavy atom. The summed E-state index contributed by atoms with van der Waals surface area (Å²) >= 11 is 0. The Labute approximate surface area is 176 Å². The van der Waals surface area contributed by atoms with Gasteiger partial charge in [0.05, 0.1) is 21.5 Å². The van der Waals surface area contributed by atoms with Crippen LogP contribution < -0.4 is 5.14 Å². The number of nitrogens with zero attached hydrogens (tertiary/aromatic N) is 1. The quantitative estimate of drug-likeness (QED) is 0.462. The average Bonchev–Trinajstić information content (AvgIpc) is 3.13. The Morgan fingerprint density at radius 2 is 1.65 bits per heavy atom. The number of benzene rings is 3. The van der Waals surface area contributed by atoms with Crippen LogP contribution in [0.25, 0.3) is 34.3 Å². The maximum Gasteiger partial charge on any atom is 0.416 e. The standard InChI is InChI=1S/C22H16F3N3O2S/c23-22(24,25)16-9-5-14(6-10-16)7-12-21-27-18-11-8-15(13-19(18)28-21)17-3-1-2-4-20(17)31(26,29)30/h1-13H,(H,27,28)(H2,26,29,30)/b12-7+. The number of aromatic amines is 1. The molecule has 4 rings (SSSR count). The molecule has 0 aliphatic carbocycles. The van der Waals surface area contributed by atoms with E-state index in [2.05, 4.69) is 9.97 Å². The number of nitrogens with one attached hydrogen (secondary N) is 1. The van der Waals surface area contributed by atoms with Crippen molar-refractivity contribution in [1.29, 1.82) is 0 Å². The van der Waals surface area contributed by atoms with Crippen molar-refractivity contribution in [2.24, 2.45) is 5.14 Å². The van der Waals surface area contributed by atoms with Gasteiger partial charge in [-0.25, -0.2) is 18.5 Å². The van der Waals surface area contributed by atoms with Gasteiger partial charge in [0.2, 0.25) is 10.0 Å². The third-order valence-electron chi connectivity index (χ3n) is 4.68. The maximum atomic E-state index is 12.7. The molecule has 9 heteroatoms. The molecule has 158 valence electrons. The molecule has 0 aliphatic rings. The molecule has 1 heterocycles. The van der Waals surface area contributed by atoms with Crippen LogP contribution in [0, 0.1) is 0 Å². The first kappa shape index (κ1) is 20.8. The Kier molecular flexibility index (Phi) is 5.16. The van der Waals surface area contributed by atoms with E-state index < -0.39 is 21.8 Å². The molecule has 0 amide bonds. The van der Waals surface area contributed by atoms with Gasteiger partial charge >= 0.3 is 6.18 Å². The smallest absolute Gasteiger partial charge is 0.338 e. The fourth-order valence-corrected chi connectivity index (χ4v) is 3.94. The minimum Gasteiger partial charge on any atom is -0.338 e. The van der Waals surface area contributed by atoms with Gasteiger partial charge in [-0.1, -0.05) is 42.5 Å². The van der Waals surface area contributed by atoms with Crippen molar-refractivity contribution in [1.82, 2.24) is 9.97 Å². The molecule has 0 saturated heterocycles. The lowest BCUT2D eigenvalue weighted by molar-refractivity contribution is -0.137. The summed E-state index contributed by atoms with van der Waals surface area (Å²) in [6, 6.07) is 16.5. The summed E-state index contributed by atoms with van der Waals surface area (Å²) in [6.45, 7) is 0. The monoisotopic (exact) mass is 443 g/mol. The second-order valence-corrected chi connectivity index (χ2v) is 8.38. The van der Waals surface area contributed by atoms with Gasteiger partial charge in [-0.15, -0.1) is 0 Å². The average molecular weight is 443 g/mol. The highest BCUT2D eigenvalue weighted by molar-refractivity contribution is 7.89. The first-order valence-electron chi connectivity index (χ1n) is 9.08. The summed E-state index contributed by atoms with van der Waals surface area (Å²) in [5, 5.41) is 5.32. The Balaban J connectivity index is 1.64. The van der Waals surface area contributed by atoms with E-state index in [0.29, 0.717) is 28.0 Å². The topological polar surface area (TPSA) is 88.8 Å². The third-order valence-corrected chi connectivity index (χ3v) is 5.65. The van der Waals surface area contributed by atoms with Crippen LogP contribution >= 0.6 is 0 Å². The second kappa shape index (κ2) is 7.68. The number of sulfonamides is 1. The van der Waals surface area contributed by atoms with Crippen molar-refractivity contribution in [2.45, 2.75) is 11.1 Å². The number of halogens is 3. The van der Waals surface area contributed by atoms with Gasteiger partial charge in [-0.2, -0.15) is 13.2 Å². The zero-order chi connectivity index (χ0) is 22.2. The van der Waals surface area contributed by atoms with Crippen LogP contribution in [0.5, 0.6) is 0 Å². The third kappa shape index (κ3) is 4.52. The Morgan fingerprint density at radius 1 is 0.935 bits per heavy atom. The largest absolute Gasteiger partial charge is 0.416 e. The molecular weight excluding hydrogens is 427 g/mol. The Hall–Kier alpha value is -3.43. The Bertz CT molecular complexity index is 1390. The number of hydrogen-bond acceptors (Lipinski definition) is 3. The van der Waals surface area contributed by atoms with Crippen molar-refractivity contribution >= 4 is 33.2 Å². The summed E-state index contributed by atoms with van der Waals surface area (Å²) in [5.74, 6) is 0.506. The molecule has 3 aromatic carbocycles. The minimum absolute atomic E-state index is 0.0207. The molecule has 0 unspecified atom stereocenters. The van der Waals surface area contributed by atoms with Crippen LogP contribution in [-0.4, -0.2) is 18.4 Å². The number of hydrogen-bond donors (Lipinski definition) is 2. The fraction of sp³-hybridized carbons (Fsp3) is 0.0455. The van der Waals surface area contributed by atoms with Crippen molar-refractivity contribution in [3.8, 4) is 11.1 Å². The van der Waals surface area contributed by atoms with Crippen LogP contribution in [0.15, 0.2) is 71.6 Å². The van der Waals surface area contributed by atoms with Gasteiger partial charge in [-0.05, 0) is 47.5 Å². The molecule has 3 N–H and O–H groups in total. The molecule has 1 aromatic heterocycles. The van der Waals surface area contributed by atoms with E-state index in [1.807, 2.05) is 0 Å². The lowest BCUT2D eigenvalue weighted by Gasteiger charge is -2.07. The highest BCUT2D eigenvalue weighted by Gasteiger charge is 2.29. The molecule has 0 aliphatic heterocycles. The van der Waals surface area contributed by atoms with E-state index in [9.17, 15) is 21.6 Å². The normalized spacial score (nSPS) is 12.6. The van der Waals surface area contributed by atoms with Gasteiger partial charge < -0.3 is 4.98 Å². The van der Waals surface area contributed by atoms with E-state index in [1.54, 1.807) is 48.6 Å². The van der Waals surface area contributed by atoms with E-state index in [-0.39, 0.29) is 4.90 Å². The summed E-state index contributed by atoms with van der Waals surface area (Å²) in [4.78, 5) is 7.58. The predicted octanol–water partition coefficient (Wildman–Crippen LogP) is 5.07. The molecule has 4 aromatic rings. The number of rotatable bonds is 4. The van der Waals surface area contributed by atoms with E-state index in [0.717, 1.165) is 17.6 Å². The number of H-pyrrole nitrogens is 1. The number of alkyl halides is 3. The lowest BCUT2D eigenvalue weighted by Crippen LogP contribution is -2.13. The molecule has 5 nitrogen and oxygen atoms in total. The minimum atomic E-state index is -4.37. The zero-order valence-corrected chi connectivity index (χ0v) is 16.7. The highest BCUT2D eigenvalue weighted by Crippen LogP contribution is 2.30. The number of fused-ring (bicyclic) bond motifs is 1. The van der Waals surface area contributed by atoms with Gasteiger partial charge in [0.15, 0.2) is 0 Å².